The quantitative estimate of drug-likeness (QED) is 0.367. The molecule has 0 saturated carbocycles. The van der Waals surface area contributed by atoms with Crippen LogP contribution in [0.15, 0.2) is 65.7 Å². The van der Waals surface area contributed by atoms with E-state index in [-0.39, 0.29) is 11.9 Å². The summed E-state index contributed by atoms with van der Waals surface area (Å²) in [6, 6.07) is 17.1. The third kappa shape index (κ3) is 4.53. The summed E-state index contributed by atoms with van der Waals surface area (Å²) in [5.74, 6) is 4.59. The molecular weight excluding hydrogens is 494 g/mol. The maximum atomic E-state index is 13.3. The Hall–Kier alpha value is -2.39. The van der Waals surface area contributed by atoms with Gasteiger partial charge in [0.05, 0.1) is 22.3 Å². The van der Waals surface area contributed by atoms with E-state index in [9.17, 15) is 9.00 Å². The first-order valence-electron chi connectivity index (χ1n) is 10.3. The molecule has 33 heavy (non-hydrogen) atoms. The smallest absolute Gasteiger partial charge is 0.266 e. The number of benzene rings is 2. The standard InChI is InChI=1S/C24H20ClN3O2S3/c1-33(30)12-11-20(15-33)28-23(29)21(32-24(28)31)13-17-14-27(19-5-3-2-4-6-19)26-22(17)16-7-9-18(25)10-8-16/h2-10,13-14,20H,1,11-12,15H2/b21-13-. The van der Waals surface area contributed by atoms with E-state index in [1.54, 1.807) is 9.58 Å². The second-order valence-electron chi connectivity index (χ2n) is 8.05. The molecule has 2 aliphatic rings. The molecule has 2 unspecified atom stereocenters. The number of halogens is 1. The number of thioether (sulfide) groups is 1. The zero-order valence-corrected chi connectivity index (χ0v) is 20.7. The summed E-state index contributed by atoms with van der Waals surface area (Å²) in [4.78, 5) is 15.4. The molecule has 2 fully saturated rings. The fourth-order valence-electron chi connectivity index (χ4n) is 4.05. The number of carbonyl (C=O) groups excluding carboxylic acids is 1. The van der Waals surface area contributed by atoms with Gasteiger partial charge in [0.25, 0.3) is 5.91 Å². The summed E-state index contributed by atoms with van der Waals surface area (Å²) in [6.45, 7) is 0. The van der Waals surface area contributed by atoms with E-state index in [4.69, 9.17) is 28.9 Å². The Balaban J connectivity index is 1.54. The van der Waals surface area contributed by atoms with Crippen molar-refractivity contribution in [3.05, 3.63) is 76.3 Å². The van der Waals surface area contributed by atoms with Gasteiger partial charge in [-0.3, -0.25) is 13.9 Å². The molecule has 1 aromatic heterocycles. The van der Waals surface area contributed by atoms with Crippen LogP contribution in [0.2, 0.25) is 5.02 Å². The minimum atomic E-state index is -2.14. The molecule has 0 aliphatic carbocycles. The van der Waals surface area contributed by atoms with Crippen LogP contribution in [-0.4, -0.2) is 52.5 Å². The summed E-state index contributed by atoms with van der Waals surface area (Å²) in [7, 11) is -2.14. The fourth-order valence-corrected chi connectivity index (χ4v) is 7.45. The molecule has 9 heteroatoms. The lowest BCUT2D eigenvalue weighted by Crippen LogP contribution is -2.39. The van der Waals surface area contributed by atoms with E-state index < -0.39 is 9.52 Å². The number of nitrogens with zero attached hydrogens (tertiary/aromatic N) is 3. The average molecular weight is 514 g/mol. The van der Waals surface area contributed by atoms with E-state index >= 15 is 0 Å². The molecule has 0 N–H and O–H groups in total. The summed E-state index contributed by atoms with van der Waals surface area (Å²) < 4.78 is 14.7. The lowest BCUT2D eigenvalue weighted by Gasteiger charge is -2.21. The third-order valence-corrected chi connectivity index (χ3v) is 9.23. The predicted molar refractivity (Wildman–Crippen MR) is 142 cm³/mol. The second kappa shape index (κ2) is 8.76. The van der Waals surface area contributed by atoms with Crippen LogP contribution in [0.1, 0.15) is 12.0 Å². The van der Waals surface area contributed by atoms with Crippen LogP contribution in [0.5, 0.6) is 0 Å². The van der Waals surface area contributed by atoms with E-state index in [1.807, 2.05) is 66.9 Å². The van der Waals surface area contributed by atoms with Gasteiger partial charge in [-0.15, -0.1) is 0 Å². The first kappa shape index (κ1) is 22.4. The molecule has 2 aliphatic heterocycles. The van der Waals surface area contributed by atoms with E-state index in [0.717, 1.165) is 22.5 Å². The molecule has 5 nitrogen and oxygen atoms in total. The average Bonchev–Trinajstić information content (AvgIpc) is 3.45. The zero-order valence-electron chi connectivity index (χ0n) is 17.5. The minimum Gasteiger partial charge on any atom is -0.289 e. The maximum absolute atomic E-state index is 13.3. The van der Waals surface area contributed by atoms with Gasteiger partial charge in [-0.1, -0.05) is 65.9 Å². The van der Waals surface area contributed by atoms with Crippen molar-refractivity contribution in [2.24, 2.45) is 0 Å². The molecule has 2 atom stereocenters. The molecule has 3 aromatic rings. The van der Waals surface area contributed by atoms with Crippen LogP contribution in [0, 0.1) is 0 Å². The van der Waals surface area contributed by atoms with Crippen LogP contribution < -0.4 is 0 Å². The molecule has 3 heterocycles. The molecular formula is C24H20ClN3O2S3. The van der Waals surface area contributed by atoms with Crippen LogP contribution >= 0.6 is 35.6 Å². The lowest BCUT2D eigenvalue weighted by atomic mass is 10.1. The number of para-hydroxylation sites is 1. The van der Waals surface area contributed by atoms with Crippen molar-refractivity contribution in [3.8, 4) is 16.9 Å². The van der Waals surface area contributed by atoms with Gasteiger partial charge in [0.1, 0.15) is 4.32 Å². The molecule has 1 amide bonds. The summed E-state index contributed by atoms with van der Waals surface area (Å²) in [5, 5.41) is 5.44. The van der Waals surface area contributed by atoms with Gasteiger partial charge in [-0.25, -0.2) is 4.68 Å². The van der Waals surface area contributed by atoms with Gasteiger partial charge < -0.3 is 0 Å². The number of hydrogen-bond donors (Lipinski definition) is 0. The molecule has 168 valence electrons. The van der Waals surface area contributed by atoms with Gasteiger partial charge in [-0.05, 0) is 52.2 Å². The largest absolute Gasteiger partial charge is 0.289 e. The molecule has 0 bridgehead atoms. The zero-order chi connectivity index (χ0) is 23.2. The normalized spacial score (nSPS) is 24.2. The van der Waals surface area contributed by atoms with Crippen molar-refractivity contribution in [2.45, 2.75) is 12.5 Å². The summed E-state index contributed by atoms with van der Waals surface area (Å²) in [5.41, 5.74) is 3.34. The van der Waals surface area contributed by atoms with Gasteiger partial charge in [-0.2, -0.15) is 5.10 Å². The first-order valence-corrected chi connectivity index (χ1v) is 14.0. The molecule has 0 radical (unpaired) electrons. The Morgan fingerprint density at radius 2 is 1.91 bits per heavy atom. The van der Waals surface area contributed by atoms with Crippen LogP contribution in [0.3, 0.4) is 0 Å². The third-order valence-electron chi connectivity index (χ3n) is 5.68. The van der Waals surface area contributed by atoms with Crippen LogP contribution in [0.4, 0.5) is 0 Å². The Labute approximate surface area is 207 Å². The SMILES string of the molecule is C=S1(=O)CCC(N2C(=O)/C(=C/c3cn(-c4ccccc4)nc3-c3ccc(Cl)cc3)SC2=S)C1. The lowest BCUT2D eigenvalue weighted by molar-refractivity contribution is -0.123. The summed E-state index contributed by atoms with van der Waals surface area (Å²) >= 11 is 12.9. The number of hydrogen-bond acceptors (Lipinski definition) is 5. The highest BCUT2D eigenvalue weighted by Gasteiger charge is 2.40. The van der Waals surface area contributed by atoms with Crippen molar-refractivity contribution in [1.29, 1.82) is 0 Å². The minimum absolute atomic E-state index is 0.151. The Kier molecular flexibility index (Phi) is 5.95. The monoisotopic (exact) mass is 513 g/mol. The summed E-state index contributed by atoms with van der Waals surface area (Å²) in [6.07, 6.45) is 4.40. The van der Waals surface area contributed by atoms with Crippen LogP contribution in [-0.2, 0) is 14.3 Å². The van der Waals surface area contributed by atoms with E-state index in [1.165, 1.54) is 11.8 Å². The molecule has 2 aromatic carbocycles. The Morgan fingerprint density at radius 3 is 2.58 bits per heavy atom. The highest BCUT2D eigenvalue weighted by atomic mass is 35.5. The van der Waals surface area contributed by atoms with Crippen molar-refractivity contribution in [3.63, 3.8) is 0 Å². The number of rotatable bonds is 4. The van der Waals surface area contributed by atoms with Crippen molar-refractivity contribution in [2.75, 3.05) is 11.5 Å². The number of amides is 1. The van der Waals surface area contributed by atoms with Crippen molar-refractivity contribution in [1.82, 2.24) is 14.7 Å². The molecule has 2 saturated heterocycles. The first-order chi connectivity index (χ1) is 15.8. The van der Waals surface area contributed by atoms with Crippen molar-refractivity contribution >= 4 is 67.3 Å². The van der Waals surface area contributed by atoms with Gasteiger partial charge >= 0.3 is 0 Å². The topological polar surface area (TPSA) is 55.2 Å². The second-order valence-corrected chi connectivity index (χ2v) is 12.8. The van der Waals surface area contributed by atoms with E-state index in [2.05, 4.69) is 5.87 Å². The number of carbonyl (C=O) groups is 1. The van der Waals surface area contributed by atoms with Gasteiger partial charge in [0.2, 0.25) is 0 Å². The number of aromatic nitrogens is 2. The van der Waals surface area contributed by atoms with Crippen molar-refractivity contribution < 1.29 is 9.00 Å². The number of thiocarbonyl (C=S) groups is 1. The fraction of sp³-hybridized carbons (Fsp3) is 0.167. The highest BCUT2D eigenvalue weighted by molar-refractivity contribution is 8.26. The molecule has 0 spiro atoms. The Morgan fingerprint density at radius 1 is 1.18 bits per heavy atom. The van der Waals surface area contributed by atoms with E-state index in [0.29, 0.717) is 32.2 Å². The van der Waals surface area contributed by atoms with Gasteiger partial charge in [0, 0.05) is 33.9 Å². The molecule has 5 rings (SSSR count). The maximum Gasteiger partial charge on any atom is 0.266 e. The van der Waals surface area contributed by atoms with Crippen LogP contribution in [0.25, 0.3) is 23.0 Å². The highest BCUT2D eigenvalue weighted by Crippen LogP contribution is 2.37. The van der Waals surface area contributed by atoms with Gasteiger partial charge in [0.15, 0.2) is 0 Å². The Bertz CT molecular complexity index is 1380. The predicted octanol–water partition coefficient (Wildman–Crippen LogP) is 4.88.